The van der Waals surface area contributed by atoms with Gasteiger partial charge in [0.05, 0.1) is 5.52 Å². The van der Waals surface area contributed by atoms with E-state index in [2.05, 4.69) is 44.0 Å². The molecule has 0 radical (unpaired) electrons. The van der Waals surface area contributed by atoms with E-state index in [9.17, 15) is 0 Å². The van der Waals surface area contributed by atoms with Gasteiger partial charge in [-0.25, -0.2) is 0 Å². The van der Waals surface area contributed by atoms with Gasteiger partial charge in [0.25, 0.3) is 0 Å². The monoisotopic (exact) mass is 397 g/mol. The Morgan fingerprint density at radius 1 is 1.18 bits per heavy atom. The van der Waals surface area contributed by atoms with E-state index in [-0.39, 0.29) is 21.1 Å². The molecule has 0 fully saturated rings. The van der Waals surface area contributed by atoms with Crippen molar-refractivity contribution in [3.05, 3.63) is 55.4 Å². The Kier molecular flexibility index (Phi) is 8.08. The summed E-state index contributed by atoms with van der Waals surface area (Å²) in [4.78, 5) is 4.32. The minimum atomic E-state index is 0. The molecule has 1 heterocycles. The Labute approximate surface area is 119 Å². The minimum Gasteiger partial charge on any atom is -0.344 e. The molecule has 2 rings (SSSR count). The Morgan fingerprint density at radius 3 is 2.41 bits per heavy atom. The van der Waals surface area contributed by atoms with Crippen LogP contribution in [-0.2, 0) is 27.5 Å². The van der Waals surface area contributed by atoms with Crippen LogP contribution < -0.4 is 0 Å². The number of fused-ring (bicyclic) bond motifs is 1. The Hall–Kier alpha value is -0.682. The van der Waals surface area contributed by atoms with Crippen LogP contribution in [0.3, 0.4) is 0 Å². The molecule has 0 spiro atoms. The van der Waals surface area contributed by atoms with E-state index in [4.69, 9.17) is 0 Å². The van der Waals surface area contributed by atoms with E-state index in [1.54, 1.807) is 0 Å². The Morgan fingerprint density at radius 2 is 1.82 bits per heavy atom. The molecule has 0 amide bonds. The van der Waals surface area contributed by atoms with E-state index in [1.807, 2.05) is 19.2 Å². The molecule has 0 bridgehead atoms. The van der Waals surface area contributed by atoms with E-state index < -0.39 is 0 Å². The van der Waals surface area contributed by atoms with Crippen molar-refractivity contribution < 1.29 is 21.1 Å². The van der Waals surface area contributed by atoms with Crippen LogP contribution in [0.1, 0.15) is 24.5 Å². The summed E-state index contributed by atoms with van der Waals surface area (Å²) in [6.07, 6.45) is 3.68. The molecule has 0 aliphatic carbocycles. The van der Waals surface area contributed by atoms with Gasteiger partial charge in [-0.3, -0.25) is 4.98 Å². The van der Waals surface area contributed by atoms with Crippen molar-refractivity contribution in [1.29, 1.82) is 0 Å². The van der Waals surface area contributed by atoms with Gasteiger partial charge in [0.1, 0.15) is 0 Å². The van der Waals surface area contributed by atoms with Gasteiger partial charge in [0.15, 0.2) is 0 Å². The zero-order chi connectivity index (χ0) is 12.0. The smallest absolute Gasteiger partial charge is 0.344 e. The molecule has 0 atom stereocenters. The Balaban J connectivity index is 0.000000583. The fourth-order valence-electron chi connectivity index (χ4n) is 1.49. The van der Waals surface area contributed by atoms with Crippen molar-refractivity contribution in [2.24, 2.45) is 0 Å². The molecule has 2 aromatic rings. The van der Waals surface area contributed by atoms with Crippen molar-refractivity contribution in [2.45, 2.75) is 26.7 Å². The molecular formula is C15H19NW. The van der Waals surface area contributed by atoms with Crippen molar-refractivity contribution >= 4 is 10.9 Å². The van der Waals surface area contributed by atoms with E-state index in [0.717, 1.165) is 18.4 Å². The fraction of sp³-hybridized carbons (Fsp3) is 0.267. The number of pyridine rings is 1. The number of aromatic nitrogens is 1. The molecule has 17 heavy (non-hydrogen) atoms. The number of rotatable bonds is 1. The predicted molar refractivity (Wildman–Crippen MR) is 71.2 cm³/mol. The summed E-state index contributed by atoms with van der Waals surface area (Å²) < 4.78 is 0. The van der Waals surface area contributed by atoms with Gasteiger partial charge < -0.3 is 13.8 Å². The normalized spacial score (nSPS) is 9.18. The summed E-state index contributed by atoms with van der Waals surface area (Å²) in [5.41, 5.74) is 3.59. The third kappa shape index (κ3) is 4.59. The second-order valence-electron chi connectivity index (χ2n) is 3.73. The van der Waals surface area contributed by atoms with Gasteiger partial charge in [0, 0.05) is 11.6 Å². The van der Waals surface area contributed by atoms with Crippen LogP contribution in [0, 0.1) is 20.8 Å². The molecule has 1 nitrogen and oxygen atoms in total. The third-order valence-electron chi connectivity index (χ3n) is 2.31. The van der Waals surface area contributed by atoms with Crippen LogP contribution in [0.15, 0.2) is 30.5 Å². The zero-order valence-corrected chi connectivity index (χ0v) is 13.5. The van der Waals surface area contributed by atoms with Crippen LogP contribution in [0.5, 0.6) is 0 Å². The standard InChI is InChI=1S/C12H12N.C3H7.W/c1-3-10-4-5-11-9(2)6-7-13-12(11)8-10;1-3-2;/h4-8H,1,3H2,2H3;1,3H2,2H3;/q2*-1;+2. The van der Waals surface area contributed by atoms with Gasteiger partial charge in [-0.15, -0.1) is 0 Å². The summed E-state index contributed by atoms with van der Waals surface area (Å²) in [5, 5.41) is 1.24. The van der Waals surface area contributed by atoms with Crippen molar-refractivity contribution in [3.63, 3.8) is 0 Å². The maximum absolute atomic E-state index is 4.32. The first-order valence-electron chi connectivity index (χ1n) is 5.65. The number of hydrogen-bond acceptors (Lipinski definition) is 1. The van der Waals surface area contributed by atoms with E-state index in [1.165, 1.54) is 16.5 Å². The molecule has 0 aliphatic rings. The maximum Gasteiger partial charge on any atom is 2.00 e. The third-order valence-corrected chi connectivity index (χ3v) is 2.31. The molecule has 1 aromatic carbocycles. The van der Waals surface area contributed by atoms with Crippen molar-refractivity contribution in [2.75, 3.05) is 0 Å². The maximum atomic E-state index is 4.32. The van der Waals surface area contributed by atoms with Crippen LogP contribution in [0.2, 0.25) is 0 Å². The first-order valence-corrected chi connectivity index (χ1v) is 5.65. The molecular weight excluding hydrogens is 378 g/mol. The second kappa shape index (κ2) is 8.42. The van der Waals surface area contributed by atoms with Gasteiger partial charge in [-0.2, -0.15) is 12.8 Å². The van der Waals surface area contributed by atoms with Gasteiger partial charge in [0.2, 0.25) is 0 Å². The molecule has 0 saturated heterocycles. The average Bonchev–Trinajstić information content (AvgIpc) is 2.30. The molecule has 1 aromatic heterocycles. The fourth-order valence-corrected chi connectivity index (χ4v) is 1.49. The summed E-state index contributed by atoms with van der Waals surface area (Å²) in [5.74, 6) is 0. The summed E-state index contributed by atoms with van der Waals surface area (Å²) in [7, 11) is 0. The molecule has 0 N–H and O–H groups in total. The first kappa shape index (κ1) is 16.3. The molecule has 0 aliphatic heterocycles. The van der Waals surface area contributed by atoms with Crippen molar-refractivity contribution in [3.8, 4) is 0 Å². The molecule has 90 valence electrons. The van der Waals surface area contributed by atoms with Gasteiger partial charge >= 0.3 is 21.1 Å². The van der Waals surface area contributed by atoms with Crippen molar-refractivity contribution in [1.82, 2.24) is 4.98 Å². The molecule has 2 heteroatoms. The largest absolute Gasteiger partial charge is 2.00 e. The zero-order valence-electron chi connectivity index (χ0n) is 10.6. The summed E-state index contributed by atoms with van der Waals surface area (Å²) >= 11 is 0. The minimum absolute atomic E-state index is 0. The average molecular weight is 397 g/mol. The van der Waals surface area contributed by atoms with Crippen LogP contribution in [0.25, 0.3) is 10.9 Å². The quantitative estimate of drug-likeness (QED) is 0.660. The van der Waals surface area contributed by atoms with E-state index in [0.29, 0.717) is 0 Å². The van der Waals surface area contributed by atoms with Crippen LogP contribution >= 0.6 is 0 Å². The SMILES string of the molecule is [CH2-]CC.[CH2-]Cc1ccc2c(C)ccnc2c1.[W+2]. The predicted octanol–water partition coefficient (Wildman–Crippen LogP) is 4.15. The molecule has 0 unspecified atom stereocenters. The Bertz CT molecular complexity index is 452. The number of aryl methyl sites for hydroxylation is 1. The first-order chi connectivity index (χ1) is 7.72. The second-order valence-corrected chi connectivity index (χ2v) is 3.73. The summed E-state index contributed by atoms with van der Waals surface area (Å²) in [6, 6.07) is 8.38. The van der Waals surface area contributed by atoms with Gasteiger partial charge in [-0.05, 0) is 24.6 Å². The van der Waals surface area contributed by atoms with Crippen LogP contribution in [0.4, 0.5) is 0 Å². The van der Waals surface area contributed by atoms with Gasteiger partial charge in [-0.1, -0.05) is 24.6 Å². The number of nitrogens with zero attached hydrogens (tertiary/aromatic N) is 1. The molecule has 0 saturated carbocycles. The summed E-state index contributed by atoms with van der Waals surface area (Å²) in [6.45, 7) is 11.5. The topological polar surface area (TPSA) is 12.9 Å². The van der Waals surface area contributed by atoms with Crippen LogP contribution in [-0.4, -0.2) is 4.98 Å². The van der Waals surface area contributed by atoms with E-state index >= 15 is 0 Å². The number of hydrogen-bond donors (Lipinski definition) is 0. The number of benzene rings is 1.